The van der Waals surface area contributed by atoms with Gasteiger partial charge in [-0.2, -0.15) is 0 Å². The number of hydrogen-bond donors (Lipinski definition) is 1. The molecule has 0 spiro atoms. The summed E-state index contributed by atoms with van der Waals surface area (Å²) >= 11 is 0. The lowest BCUT2D eigenvalue weighted by Gasteiger charge is -2.26. The Labute approximate surface area is 130 Å². The third kappa shape index (κ3) is 2.37. The lowest BCUT2D eigenvalue weighted by atomic mass is 9.77. The van der Waals surface area contributed by atoms with E-state index in [9.17, 15) is 13.4 Å². The minimum absolute atomic E-state index is 0.529. The Morgan fingerprint density at radius 2 is 1.82 bits per heavy atom. The first-order valence-electron chi connectivity index (χ1n) is 7.04. The van der Waals surface area contributed by atoms with Crippen LogP contribution in [0, 0.1) is 0 Å². The second-order valence-corrected chi connectivity index (χ2v) is 8.06. The molecule has 0 aromatic heterocycles. The molecule has 1 aliphatic rings. The van der Waals surface area contributed by atoms with Gasteiger partial charge in [0.1, 0.15) is 0 Å². The first-order chi connectivity index (χ1) is 10.3. The summed E-state index contributed by atoms with van der Waals surface area (Å²) in [7, 11) is -4.76. The molecule has 6 heteroatoms. The van der Waals surface area contributed by atoms with E-state index < -0.39 is 21.9 Å². The normalized spacial score (nSPS) is 21.0. The van der Waals surface area contributed by atoms with Gasteiger partial charge in [0.2, 0.25) is 0 Å². The smallest absolute Gasteiger partial charge is 0.423 e. The second kappa shape index (κ2) is 5.23. The topological polar surface area (TPSA) is 63.6 Å². The van der Waals surface area contributed by atoms with Crippen molar-refractivity contribution in [1.82, 2.24) is 0 Å². The average molecular weight is 316 g/mol. The average Bonchev–Trinajstić information content (AvgIpc) is 2.73. The van der Waals surface area contributed by atoms with Crippen molar-refractivity contribution in [3.05, 3.63) is 65.2 Å². The summed E-state index contributed by atoms with van der Waals surface area (Å²) < 4.78 is 29.9. The van der Waals surface area contributed by atoms with Crippen LogP contribution < -0.4 is 5.46 Å². The van der Waals surface area contributed by atoms with Crippen molar-refractivity contribution in [3.63, 3.8) is 0 Å². The van der Waals surface area contributed by atoms with E-state index in [1.165, 1.54) is 6.92 Å². The Hall–Kier alpha value is -1.63. The summed E-state index contributed by atoms with van der Waals surface area (Å²) in [5.74, 6) is 0. The van der Waals surface area contributed by atoms with Crippen LogP contribution in [0.1, 0.15) is 23.6 Å². The van der Waals surface area contributed by atoms with Crippen molar-refractivity contribution in [3.8, 4) is 0 Å². The summed E-state index contributed by atoms with van der Waals surface area (Å²) in [5.41, 5.74) is 3.02. The predicted octanol–water partition coefficient (Wildman–Crippen LogP) is 1.21. The minimum atomic E-state index is -3.55. The molecule has 1 unspecified atom stereocenters. The molecule has 0 radical (unpaired) electrons. The Bertz CT molecular complexity index is 804. The Morgan fingerprint density at radius 3 is 2.45 bits per heavy atom. The number of rotatable bonds is 3. The highest BCUT2D eigenvalue weighted by molar-refractivity contribution is 7.91. The first kappa shape index (κ1) is 15.3. The lowest BCUT2D eigenvalue weighted by Crippen LogP contribution is -2.34. The monoisotopic (exact) mass is 316 g/mol. The third-order valence-corrected chi connectivity index (χ3v) is 5.90. The van der Waals surface area contributed by atoms with E-state index in [-0.39, 0.29) is 0 Å². The fourth-order valence-corrected chi connectivity index (χ4v) is 3.84. The van der Waals surface area contributed by atoms with Crippen LogP contribution >= 0.6 is 0 Å². The molecule has 0 aliphatic carbocycles. The molecule has 2 aromatic carbocycles. The van der Waals surface area contributed by atoms with Crippen molar-refractivity contribution in [2.75, 3.05) is 6.26 Å². The molecular weight excluding hydrogens is 299 g/mol. The molecular formula is C16H17BO4S. The molecule has 1 N–H and O–H groups in total. The van der Waals surface area contributed by atoms with Crippen LogP contribution in [0.3, 0.4) is 0 Å². The van der Waals surface area contributed by atoms with Crippen LogP contribution in [-0.4, -0.2) is 26.8 Å². The van der Waals surface area contributed by atoms with Crippen LogP contribution in [0.25, 0.3) is 0 Å². The highest BCUT2D eigenvalue weighted by atomic mass is 32.2. The third-order valence-electron chi connectivity index (χ3n) is 4.18. The van der Waals surface area contributed by atoms with Crippen molar-refractivity contribution in [2.24, 2.45) is 0 Å². The van der Waals surface area contributed by atoms with E-state index in [0.29, 0.717) is 17.4 Å². The van der Waals surface area contributed by atoms with Gasteiger partial charge in [0.15, 0.2) is 14.8 Å². The van der Waals surface area contributed by atoms with Crippen molar-refractivity contribution >= 4 is 22.4 Å². The number of sulfone groups is 1. The van der Waals surface area contributed by atoms with E-state index in [4.69, 9.17) is 4.65 Å². The van der Waals surface area contributed by atoms with Crippen LogP contribution in [0.15, 0.2) is 48.5 Å². The van der Waals surface area contributed by atoms with E-state index >= 15 is 0 Å². The van der Waals surface area contributed by atoms with E-state index in [0.717, 1.165) is 17.4 Å². The molecule has 22 heavy (non-hydrogen) atoms. The van der Waals surface area contributed by atoms with Crippen molar-refractivity contribution < 1.29 is 18.1 Å². The van der Waals surface area contributed by atoms with Gasteiger partial charge in [0, 0.05) is 11.8 Å². The van der Waals surface area contributed by atoms with Gasteiger partial charge in [0.05, 0.1) is 0 Å². The van der Waals surface area contributed by atoms with Crippen LogP contribution in [0.5, 0.6) is 0 Å². The maximum Gasteiger partial charge on any atom is 0.492 e. The number of fused-ring (bicyclic) bond motifs is 1. The molecule has 0 saturated heterocycles. The molecule has 4 nitrogen and oxygen atoms in total. The maximum absolute atomic E-state index is 12.2. The van der Waals surface area contributed by atoms with E-state index in [2.05, 4.69) is 0 Å². The van der Waals surface area contributed by atoms with Gasteiger partial charge in [0.25, 0.3) is 0 Å². The summed E-state index contributed by atoms with van der Waals surface area (Å²) in [6.45, 7) is 1.51. The number of benzene rings is 2. The molecule has 0 fully saturated rings. The Balaban J connectivity index is 2.16. The Kier molecular flexibility index (Phi) is 3.63. The second-order valence-electron chi connectivity index (χ2n) is 5.73. The fraction of sp³-hybridized carbons (Fsp3) is 0.250. The standard InChI is InChI=1S/C16H17BO4S/c1-16(22(2,19)20)15-13(11-12-7-4-3-5-8-12)9-6-10-14(15)17(18)21-16/h3-10,18H,11H2,1-2H3. The summed E-state index contributed by atoms with van der Waals surface area (Å²) in [6.07, 6.45) is 1.72. The van der Waals surface area contributed by atoms with Gasteiger partial charge in [-0.15, -0.1) is 0 Å². The van der Waals surface area contributed by atoms with Gasteiger partial charge in [-0.3, -0.25) is 0 Å². The predicted molar refractivity (Wildman–Crippen MR) is 86.6 cm³/mol. The quantitative estimate of drug-likeness (QED) is 0.865. The zero-order chi connectivity index (χ0) is 16.0. The molecule has 114 valence electrons. The van der Waals surface area contributed by atoms with Gasteiger partial charge in [-0.05, 0) is 29.9 Å². The van der Waals surface area contributed by atoms with Gasteiger partial charge in [-0.1, -0.05) is 48.5 Å². The van der Waals surface area contributed by atoms with Crippen molar-refractivity contribution in [1.29, 1.82) is 0 Å². The largest absolute Gasteiger partial charge is 0.492 e. The van der Waals surface area contributed by atoms with Crippen molar-refractivity contribution in [2.45, 2.75) is 18.3 Å². The molecule has 1 atom stereocenters. The highest BCUT2D eigenvalue weighted by Crippen LogP contribution is 2.38. The lowest BCUT2D eigenvalue weighted by molar-refractivity contribution is 0.161. The van der Waals surface area contributed by atoms with Gasteiger partial charge >= 0.3 is 7.12 Å². The maximum atomic E-state index is 12.2. The summed E-state index contributed by atoms with van der Waals surface area (Å²) in [4.78, 5) is -1.52. The van der Waals surface area contributed by atoms with Crippen LogP contribution in [0.2, 0.25) is 0 Å². The van der Waals surface area contributed by atoms with Crippen LogP contribution in [0.4, 0.5) is 0 Å². The van der Waals surface area contributed by atoms with Gasteiger partial charge < -0.3 is 9.68 Å². The van der Waals surface area contributed by atoms with E-state index in [1.807, 2.05) is 42.5 Å². The summed E-state index contributed by atoms with van der Waals surface area (Å²) in [5, 5.41) is 10.1. The molecule has 2 aromatic rings. The minimum Gasteiger partial charge on any atom is -0.423 e. The molecule has 0 bridgehead atoms. The number of hydrogen-bond acceptors (Lipinski definition) is 4. The molecule has 3 rings (SSSR count). The molecule has 0 amide bonds. The fourth-order valence-electron chi connectivity index (χ4n) is 2.95. The zero-order valence-corrected chi connectivity index (χ0v) is 13.3. The first-order valence-corrected chi connectivity index (χ1v) is 8.94. The van der Waals surface area contributed by atoms with Gasteiger partial charge in [-0.25, -0.2) is 8.42 Å². The summed E-state index contributed by atoms with van der Waals surface area (Å²) in [6, 6.07) is 15.2. The molecule has 0 saturated carbocycles. The van der Waals surface area contributed by atoms with Crippen LogP contribution in [-0.2, 0) is 25.8 Å². The highest BCUT2D eigenvalue weighted by Gasteiger charge is 2.51. The SMILES string of the molecule is CC1(S(C)(=O)=O)OB(O)c2cccc(Cc3ccccc3)c21. The Morgan fingerprint density at radius 1 is 1.14 bits per heavy atom. The molecule has 1 aliphatic heterocycles. The molecule has 1 heterocycles. The van der Waals surface area contributed by atoms with E-state index in [1.54, 1.807) is 6.07 Å². The zero-order valence-electron chi connectivity index (χ0n) is 12.5.